The molecule has 2 heterocycles. The Morgan fingerprint density at radius 1 is 0.352 bits per heavy atom. The smallest absolute Gasteiger partial charge is 0.0462 e. The zero-order chi connectivity index (χ0) is 74.7. The number of benzene rings is 7. The van der Waals surface area contributed by atoms with Crippen molar-refractivity contribution in [1.29, 1.82) is 0 Å². The number of aryl methyl sites for hydroxylation is 1. The molecule has 0 amide bonds. The van der Waals surface area contributed by atoms with Crippen molar-refractivity contribution in [3.8, 4) is 53.6 Å². The maximum Gasteiger partial charge on any atom is 0.0462 e. The van der Waals surface area contributed by atoms with Crippen molar-refractivity contribution >= 4 is 39.7 Å². The number of fused-ring (bicyclic) bond motifs is 6. The van der Waals surface area contributed by atoms with Crippen LogP contribution in [0.15, 0.2) is 170 Å². The molecule has 7 aromatic carbocycles. The molecular formula is C102H135NS2. The lowest BCUT2D eigenvalue weighted by Crippen LogP contribution is -2.43. The van der Waals surface area contributed by atoms with Gasteiger partial charge < -0.3 is 4.90 Å². The van der Waals surface area contributed by atoms with Gasteiger partial charge in [-0.05, 0) is 224 Å². The lowest BCUT2D eigenvalue weighted by Gasteiger charge is -2.47. The average molecular weight is 1440 g/mol. The monoisotopic (exact) mass is 1440 g/mol. The van der Waals surface area contributed by atoms with Gasteiger partial charge in [-0.1, -0.05) is 348 Å². The molecule has 3 heteroatoms. The topological polar surface area (TPSA) is 3.24 Å². The van der Waals surface area contributed by atoms with Crippen LogP contribution in [0.4, 0.5) is 17.1 Å². The Labute approximate surface area is 648 Å². The van der Waals surface area contributed by atoms with Crippen molar-refractivity contribution in [2.24, 2.45) is 17.8 Å². The molecule has 0 saturated carbocycles. The van der Waals surface area contributed by atoms with Gasteiger partial charge in [0.25, 0.3) is 0 Å². The maximum absolute atomic E-state index is 2.78. The molecule has 2 aromatic heterocycles. The lowest BCUT2D eigenvalue weighted by atomic mass is 9.56. The molecule has 9 aromatic rings. The molecule has 0 fully saturated rings. The van der Waals surface area contributed by atoms with Gasteiger partial charge in [-0.25, -0.2) is 0 Å². The molecule has 11 rings (SSSR count). The van der Waals surface area contributed by atoms with E-state index >= 15 is 0 Å². The summed E-state index contributed by atoms with van der Waals surface area (Å²) in [5.74, 6) is 2.01. The average Bonchev–Trinajstić information content (AvgIpc) is 1.56. The number of hydrogen-bond donors (Lipinski definition) is 0. The number of nitrogens with zero attached hydrogens (tertiary/aromatic N) is 1. The van der Waals surface area contributed by atoms with Crippen molar-refractivity contribution in [2.75, 3.05) is 4.90 Å². The van der Waals surface area contributed by atoms with Gasteiger partial charge in [0.05, 0.1) is 0 Å². The van der Waals surface area contributed by atoms with E-state index in [1.807, 2.05) is 22.7 Å². The van der Waals surface area contributed by atoms with Gasteiger partial charge in [0.15, 0.2) is 0 Å². The van der Waals surface area contributed by atoms with E-state index in [2.05, 4.69) is 292 Å². The predicted molar refractivity (Wildman–Crippen MR) is 466 cm³/mol. The highest BCUT2D eigenvalue weighted by molar-refractivity contribution is 7.24. The minimum atomic E-state index is -0.219. The van der Waals surface area contributed by atoms with Crippen molar-refractivity contribution in [3.63, 3.8) is 0 Å². The predicted octanol–water partition coefficient (Wildman–Crippen LogP) is 32.9. The fourth-order valence-electron chi connectivity index (χ4n) is 19.3. The van der Waals surface area contributed by atoms with Crippen LogP contribution in [0.3, 0.4) is 0 Å². The van der Waals surface area contributed by atoms with Crippen LogP contribution in [0.1, 0.15) is 333 Å². The molecule has 105 heavy (non-hydrogen) atoms. The Morgan fingerprint density at radius 2 is 0.752 bits per heavy atom. The van der Waals surface area contributed by atoms with Gasteiger partial charge in [-0.3, -0.25) is 0 Å². The molecular weight excluding hydrogens is 1300 g/mol. The molecule has 0 N–H and O–H groups in total. The van der Waals surface area contributed by atoms with Crippen molar-refractivity contribution < 1.29 is 0 Å². The molecule has 0 saturated heterocycles. The van der Waals surface area contributed by atoms with E-state index in [0.717, 1.165) is 6.42 Å². The van der Waals surface area contributed by atoms with Crippen LogP contribution in [-0.2, 0) is 27.1 Å². The molecule has 2 aliphatic carbocycles. The van der Waals surface area contributed by atoms with Crippen LogP contribution < -0.4 is 4.90 Å². The van der Waals surface area contributed by atoms with Gasteiger partial charge in [-0.2, -0.15) is 0 Å². The number of hydrogen-bond acceptors (Lipinski definition) is 3. The van der Waals surface area contributed by atoms with Crippen LogP contribution in [0.2, 0.25) is 0 Å². The molecule has 0 spiro atoms. The molecule has 5 unspecified atom stereocenters. The second kappa shape index (κ2) is 35.4. The van der Waals surface area contributed by atoms with E-state index < -0.39 is 0 Å². The van der Waals surface area contributed by atoms with E-state index in [4.69, 9.17) is 0 Å². The minimum Gasteiger partial charge on any atom is -0.311 e. The van der Waals surface area contributed by atoms with E-state index in [1.54, 1.807) is 22.3 Å². The molecule has 560 valence electrons. The molecule has 5 atom stereocenters. The van der Waals surface area contributed by atoms with Gasteiger partial charge in [0, 0.05) is 52.8 Å². The van der Waals surface area contributed by atoms with Crippen molar-refractivity contribution in [1.82, 2.24) is 0 Å². The fourth-order valence-corrected chi connectivity index (χ4v) is 21.4. The largest absolute Gasteiger partial charge is 0.311 e. The summed E-state index contributed by atoms with van der Waals surface area (Å²) < 4.78 is 0. The third kappa shape index (κ3) is 16.7. The maximum atomic E-state index is 2.78. The first-order valence-electron chi connectivity index (χ1n) is 42.5. The number of rotatable bonds is 39. The standard InChI is InChI=1S/C102H135NS2/c1-18-23-27-31-35-39-67-101(74(9)40-36-32-28-24-19-2)90-68-78(47-59-86(90)87-61-51-81(70-91(87)101)98(12,13)14)77-45-55-84(56-46-77)103(83-53-43-73(8)44-54-83)85-57-49-80(50-58-85)100(17,22-5)99(15,16)82-52-62-89-88-60-48-79(95-64-66-97(105-95)96-65-63-94(104-96)72(6)7)69-92(88)102(93(89)71-82,75(10)41-37-33-29-25-20-3)76(11)42-38-34-30-26-21-4/h43-66,68-72,74-76H,18-42,67H2,1-17H3. The first-order valence-corrected chi connectivity index (χ1v) is 44.1. The van der Waals surface area contributed by atoms with Gasteiger partial charge >= 0.3 is 0 Å². The van der Waals surface area contributed by atoms with Crippen molar-refractivity contribution in [3.05, 3.63) is 219 Å². The third-order valence-corrected chi connectivity index (χ3v) is 29.3. The molecule has 2 aliphatic rings. The summed E-state index contributed by atoms with van der Waals surface area (Å²) in [5, 5.41) is 0. The first kappa shape index (κ1) is 79.8. The van der Waals surface area contributed by atoms with Gasteiger partial charge in [0.1, 0.15) is 0 Å². The second-order valence-corrected chi connectivity index (χ2v) is 37.3. The second-order valence-electron chi connectivity index (χ2n) is 35.1. The summed E-state index contributed by atoms with van der Waals surface area (Å²) in [6.07, 6.45) is 33.6. The summed E-state index contributed by atoms with van der Waals surface area (Å²) in [6, 6.07) is 68.9. The Balaban J connectivity index is 0.942. The molecule has 0 bridgehead atoms. The number of anilines is 3. The van der Waals surface area contributed by atoms with E-state index in [0.29, 0.717) is 23.7 Å². The summed E-state index contributed by atoms with van der Waals surface area (Å²) >= 11 is 3.94. The highest BCUT2D eigenvalue weighted by atomic mass is 32.1. The number of thiophene rings is 2. The highest BCUT2D eigenvalue weighted by Crippen LogP contribution is 2.62. The summed E-state index contributed by atoms with van der Waals surface area (Å²) in [7, 11) is 0. The van der Waals surface area contributed by atoms with Crippen LogP contribution in [-0.4, -0.2) is 0 Å². The normalized spacial score (nSPS) is 17.0. The lowest BCUT2D eigenvalue weighted by molar-refractivity contribution is 0.215. The number of unbranched alkanes of at least 4 members (excludes halogenated alkanes) is 17. The first-order chi connectivity index (χ1) is 50.6. The molecule has 0 radical (unpaired) electrons. The van der Waals surface area contributed by atoms with Crippen LogP contribution in [0, 0.1) is 24.7 Å². The van der Waals surface area contributed by atoms with Gasteiger partial charge in [-0.15, -0.1) is 22.7 Å². The Bertz CT molecular complexity index is 4210. The molecule has 0 aliphatic heterocycles. The quantitative estimate of drug-likeness (QED) is 0.0347. The van der Waals surface area contributed by atoms with Gasteiger partial charge in [0.2, 0.25) is 0 Å². The summed E-state index contributed by atoms with van der Waals surface area (Å²) in [6.45, 7) is 41.6. The van der Waals surface area contributed by atoms with Crippen LogP contribution in [0.25, 0.3) is 53.6 Å². The van der Waals surface area contributed by atoms with E-state index in [-0.39, 0.29) is 27.1 Å². The van der Waals surface area contributed by atoms with E-state index in [1.165, 1.54) is 258 Å². The van der Waals surface area contributed by atoms with Crippen molar-refractivity contribution in [2.45, 2.75) is 318 Å². The summed E-state index contributed by atoms with van der Waals surface area (Å²) in [4.78, 5) is 8.11. The molecule has 1 nitrogen and oxygen atoms in total. The SMILES string of the molecule is CCCCCCCCC1(C(C)CCCCCCC)c2cc(-c3ccc(N(c4ccc(C)cc4)c4ccc(C(C)(CC)C(C)(C)c5ccc6c(c5)C(C(C)CCCCCCC)(C(C)CCCCCCC)c5cc(-c7ccc(-c8ccc(C(C)C)s8)s7)ccc5-6)cc4)cc3)ccc2-c2ccc(C(C)(C)C)cc21. The van der Waals surface area contributed by atoms with Crippen LogP contribution in [0.5, 0.6) is 0 Å². The zero-order valence-electron chi connectivity index (χ0n) is 68.6. The fraction of sp³-hybridized carbons (Fsp3) is 0.510. The van der Waals surface area contributed by atoms with Crippen LogP contribution >= 0.6 is 22.7 Å². The Hall–Kier alpha value is -6.26. The zero-order valence-corrected chi connectivity index (χ0v) is 70.3. The van der Waals surface area contributed by atoms with E-state index in [9.17, 15) is 0 Å². The third-order valence-electron chi connectivity index (χ3n) is 26.6. The Morgan fingerprint density at radius 3 is 1.29 bits per heavy atom. The Kier molecular flexibility index (Phi) is 26.9. The minimum absolute atomic E-state index is 0.0320. The highest BCUT2D eigenvalue weighted by Gasteiger charge is 2.52. The summed E-state index contributed by atoms with van der Waals surface area (Å²) in [5.41, 5.74) is 24.8.